The van der Waals surface area contributed by atoms with Crippen LogP contribution < -0.4 is 0 Å². The number of aromatic nitrogens is 2. The largest absolute Gasteiger partial charge is 0.292 e. The van der Waals surface area contributed by atoms with E-state index in [-0.39, 0.29) is 11.6 Å². The summed E-state index contributed by atoms with van der Waals surface area (Å²) in [6.07, 6.45) is 0. The number of thiophene rings is 1. The van der Waals surface area contributed by atoms with Crippen molar-refractivity contribution >= 4 is 53.3 Å². The van der Waals surface area contributed by atoms with E-state index in [9.17, 15) is 4.39 Å². The minimum Gasteiger partial charge on any atom is -0.292 e. The second-order valence-electron chi connectivity index (χ2n) is 11.5. The van der Waals surface area contributed by atoms with Gasteiger partial charge >= 0.3 is 0 Å². The molecule has 7 aromatic carbocycles. The van der Waals surface area contributed by atoms with Crippen LogP contribution in [0.5, 0.6) is 0 Å². The van der Waals surface area contributed by atoms with Crippen molar-refractivity contribution in [3.63, 3.8) is 0 Å². The number of halogens is 2. The molecule has 0 fully saturated rings. The van der Waals surface area contributed by atoms with Crippen molar-refractivity contribution < 1.29 is 8.78 Å². The molecule has 218 valence electrons. The van der Waals surface area contributed by atoms with Crippen molar-refractivity contribution in [1.82, 2.24) is 9.55 Å². The fourth-order valence-electron chi connectivity index (χ4n) is 6.56. The molecule has 0 radical (unpaired) electrons. The molecule has 9 aromatic rings. The van der Waals surface area contributed by atoms with Crippen molar-refractivity contribution in [1.29, 1.82) is 0 Å². The number of hydrogen-bond acceptors (Lipinski definition) is 2. The van der Waals surface area contributed by atoms with E-state index < -0.39 is 0 Å². The Morgan fingerprint density at radius 3 is 2.13 bits per heavy atom. The van der Waals surface area contributed by atoms with Crippen molar-refractivity contribution in [2.45, 2.75) is 0 Å². The third kappa shape index (κ3) is 4.24. The fourth-order valence-corrected chi connectivity index (χ4v) is 7.81. The van der Waals surface area contributed by atoms with E-state index in [1.165, 1.54) is 12.1 Å². The van der Waals surface area contributed by atoms with E-state index in [4.69, 9.17) is 4.98 Å². The van der Waals surface area contributed by atoms with Crippen LogP contribution in [0.1, 0.15) is 0 Å². The third-order valence-electron chi connectivity index (χ3n) is 8.75. The van der Waals surface area contributed by atoms with Crippen LogP contribution >= 0.6 is 11.3 Å². The van der Waals surface area contributed by atoms with Gasteiger partial charge in [0.1, 0.15) is 17.5 Å². The summed E-state index contributed by atoms with van der Waals surface area (Å²) < 4.78 is 33.8. The van der Waals surface area contributed by atoms with Crippen LogP contribution in [0.15, 0.2) is 146 Å². The molecule has 9 rings (SSSR count). The number of benzene rings is 7. The van der Waals surface area contributed by atoms with Crippen LogP contribution in [0.3, 0.4) is 0 Å². The molecule has 0 aliphatic carbocycles. The number of para-hydroxylation sites is 2. The predicted octanol–water partition coefficient (Wildman–Crippen LogP) is 11.8. The molecule has 0 N–H and O–H groups in total. The smallest absolute Gasteiger partial charge is 0.147 e. The Hall–Kier alpha value is -5.65. The Morgan fingerprint density at radius 1 is 0.522 bits per heavy atom. The molecule has 2 nitrogen and oxygen atoms in total. The molecular weight excluding hydrogens is 591 g/mol. The average Bonchev–Trinajstić information content (AvgIpc) is 3.67. The minimum atomic E-state index is -0.257. The van der Waals surface area contributed by atoms with Gasteiger partial charge in [-0.15, -0.1) is 11.3 Å². The summed E-state index contributed by atoms with van der Waals surface area (Å²) in [5.41, 5.74) is 7.50. The second-order valence-corrected chi connectivity index (χ2v) is 12.5. The lowest BCUT2D eigenvalue weighted by atomic mass is 9.99. The zero-order chi connectivity index (χ0) is 30.8. The quantitative estimate of drug-likeness (QED) is 0.193. The van der Waals surface area contributed by atoms with Gasteiger partial charge in [0.15, 0.2) is 0 Å². The summed E-state index contributed by atoms with van der Waals surface area (Å²) in [6, 6.07) is 46.9. The maximum atomic E-state index is 15.8. The van der Waals surface area contributed by atoms with Gasteiger partial charge in [-0.1, -0.05) is 91.0 Å². The van der Waals surface area contributed by atoms with Crippen LogP contribution in [0.2, 0.25) is 0 Å². The highest BCUT2D eigenvalue weighted by Crippen LogP contribution is 2.43. The lowest BCUT2D eigenvalue weighted by molar-refractivity contribution is 0.628. The monoisotopic (exact) mass is 614 g/mol. The number of fused-ring (bicyclic) bond motifs is 5. The SMILES string of the molecule is Fc1ccc(-c2ccc3c(c2)sc2c(-c4nc5ccccc5n4-c4cccc5c(F)cc(-c6ccccc6)cc45)cccc23)cc1. The molecule has 0 atom stereocenters. The molecule has 2 aromatic heterocycles. The van der Waals surface area contributed by atoms with Gasteiger partial charge in [0.05, 0.1) is 16.7 Å². The standard InChI is InChI=1S/C41H24F2N2S/c42-29-19-16-26(17-20-29)27-18-21-31-32-11-6-12-33(40(32)46-39(31)24-27)41-44-36-13-4-5-14-38(36)45(41)37-15-7-10-30-34(37)22-28(23-35(30)43)25-8-2-1-3-9-25/h1-24H. The molecule has 0 aliphatic heterocycles. The van der Waals surface area contributed by atoms with Crippen molar-refractivity contribution in [3.8, 4) is 39.3 Å². The highest BCUT2D eigenvalue weighted by Gasteiger charge is 2.21. The van der Waals surface area contributed by atoms with Crippen LogP contribution in [-0.4, -0.2) is 9.55 Å². The lowest BCUT2D eigenvalue weighted by Crippen LogP contribution is -2.00. The zero-order valence-electron chi connectivity index (χ0n) is 24.4. The van der Waals surface area contributed by atoms with Gasteiger partial charge in [-0.3, -0.25) is 4.57 Å². The molecule has 0 saturated heterocycles. The molecular formula is C41H24F2N2S. The van der Waals surface area contributed by atoms with Gasteiger partial charge in [-0.05, 0) is 76.9 Å². The summed E-state index contributed by atoms with van der Waals surface area (Å²) in [4.78, 5) is 5.20. The highest BCUT2D eigenvalue weighted by molar-refractivity contribution is 7.26. The molecule has 0 amide bonds. The Morgan fingerprint density at radius 2 is 1.26 bits per heavy atom. The van der Waals surface area contributed by atoms with Gasteiger partial charge in [0.25, 0.3) is 0 Å². The van der Waals surface area contributed by atoms with Crippen LogP contribution in [0.25, 0.3) is 81.3 Å². The topological polar surface area (TPSA) is 17.8 Å². The van der Waals surface area contributed by atoms with Gasteiger partial charge in [-0.2, -0.15) is 0 Å². The van der Waals surface area contributed by atoms with Crippen LogP contribution in [-0.2, 0) is 0 Å². The summed E-state index contributed by atoms with van der Waals surface area (Å²) in [6.45, 7) is 0. The van der Waals surface area contributed by atoms with Gasteiger partial charge in [0.2, 0.25) is 0 Å². The fraction of sp³-hybridized carbons (Fsp3) is 0. The first-order valence-electron chi connectivity index (χ1n) is 15.1. The molecule has 0 aliphatic rings. The minimum absolute atomic E-state index is 0.246. The van der Waals surface area contributed by atoms with Crippen LogP contribution in [0.4, 0.5) is 8.78 Å². The lowest BCUT2D eigenvalue weighted by Gasteiger charge is -2.15. The maximum Gasteiger partial charge on any atom is 0.147 e. The van der Waals surface area contributed by atoms with E-state index >= 15 is 4.39 Å². The van der Waals surface area contributed by atoms with E-state index in [0.29, 0.717) is 5.39 Å². The molecule has 46 heavy (non-hydrogen) atoms. The number of rotatable bonds is 4. The Labute approximate surface area is 267 Å². The second kappa shape index (κ2) is 10.5. The molecule has 0 unspecified atom stereocenters. The Balaban J connectivity index is 1.30. The Bertz CT molecular complexity index is 2600. The summed E-state index contributed by atoms with van der Waals surface area (Å²) in [5, 5.41) is 3.69. The molecule has 0 saturated carbocycles. The summed E-state index contributed by atoms with van der Waals surface area (Å²) >= 11 is 1.73. The first-order chi connectivity index (χ1) is 22.6. The first-order valence-corrected chi connectivity index (χ1v) is 15.9. The number of hydrogen-bond donors (Lipinski definition) is 0. The molecule has 2 heterocycles. The number of nitrogens with zero attached hydrogens (tertiary/aromatic N) is 2. The maximum absolute atomic E-state index is 15.8. The molecule has 0 spiro atoms. The molecule has 5 heteroatoms. The van der Waals surface area contributed by atoms with E-state index in [1.54, 1.807) is 17.4 Å². The highest BCUT2D eigenvalue weighted by atomic mass is 32.1. The van der Waals surface area contributed by atoms with Crippen molar-refractivity contribution in [2.75, 3.05) is 0 Å². The normalized spacial score (nSPS) is 11.7. The first kappa shape index (κ1) is 26.7. The van der Waals surface area contributed by atoms with Crippen molar-refractivity contribution in [2.24, 2.45) is 0 Å². The summed E-state index contributed by atoms with van der Waals surface area (Å²) in [7, 11) is 0. The zero-order valence-corrected chi connectivity index (χ0v) is 25.2. The predicted molar refractivity (Wildman–Crippen MR) is 188 cm³/mol. The summed E-state index contributed by atoms with van der Waals surface area (Å²) in [5.74, 6) is 0.298. The average molecular weight is 615 g/mol. The van der Waals surface area contributed by atoms with Gasteiger partial charge < -0.3 is 0 Å². The van der Waals surface area contributed by atoms with Gasteiger partial charge in [0, 0.05) is 36.5 Å². The molecule has 0 bridgehead atoms. The van der Waals surface area contributed by atoms with E-state index in [1.807, 2.05) is 78.9 Å². The Kier molecular flexibility index (Phi) is 6.08. The number of imidazole rings is 1. The van der Waals surface area contributed by atoms with Gasteiger partial charge in [-0.25, -0.2) is 13.8 Å². The van der Waals surface area contributed by atoms with E-state index in [0.717, 1.165) is 75.9 Å². The van der Waals surface area contributed by atoms with Crippen LogP contribution in [0, 0.1) is 11.6 Å². The van der Waals surface area contributed by atoms with E-state index in [2.05, 4.69) is 53.1 Å². The van der Waals surface area contributed by atoms with Crippen molar-refractivity contribution in [3.05, 3.63) is 157 Å². The third-order valence-corrected chi connectivity index (χ3v) is 9.95.